The van der Waals surface area contributed by atoms with Crippen molar-refractivity contribution in [2.45, 2.75) is 64.3 Å². The quantitative estimate of drug-likeness (QED) is 0.604. The van der Waals surface area contributed by atoms with Crippen molar-refractivity contribution in [2.24, 2.45) is 5.92 Å². The van der Waals surface area contributed by atoms with Gasteiger partial charge in [0.25, 0.3) is 0 Å². The van der Waals surface area contributed by atoms with Gasteiger partial charge in [-0.3, -0.25) is 4.79 Å². The molecule has 1 N–H and O–H groups in total. The van der Waals surface area contributed by atoms with Crippen LogP contribution in [0.15, 0.2) is 35.7 Å². The number of rotatable bonds is 8. The van der Waals surface area contributed by atoms with Crippen molar-refractivity contribution in [1.82, 2.24) is 9.62 Å². The van der Waals surface area contributed by atoms with Crippen LogP contribution in [0, 0.1) is 5.92 Å². The molecule has 1 aromatic heterocycles. The Balaban J connectivity index is 1.44. The molecule has 1 aromatic carbocycles. The van der Waals surface area contributed by atoms with Crippen molar-refractivity contribution in [3.8, 4) is 0 Å². The third-order valence-electron chi connectivity index (χ3n) is 6.79. The van der Waals surface area contributed by atoms with E-state index in [-0.39, 0.29) is 23.6 Å². The maximum atomic E-state index is 13.2. The molecule has 0 bridgehead atoms. The molecule has 1 amide bonds. The lowest BCUT2D eigenvalue weighted by molar-refractivity contribution is -0.126. The van der Waals surface area contributed by atoms with Crippen LogP contribution in [-0.4, -0.2) is 37.5 Å². The van der Waals surface area contributed by atoms with Gasteiger partial charge < -0.3 is 5.32 Å². The number of thiophene rings is 1. The van der Waals surface area contributed by atoms with E-state index in [1.165, 1.54) is 24.0 Å². The summed E-state index contributed by atoms with van der Waals surface area (Å²) in [6.45, 7) is 2.87. The first kappa shape index (κ1) is 23.5. The van der Waals surface area contributed by atoms with Crippen molar-refractivity contribution >= 4 is 27.3 Å². The zero-order valence-electron chi connectivity index (χ0n) is 18.9. The Bertz CT molecular complexity index is 1010. The fraction of sp³-hybridized carbons (Fsp3) is 0.560. The molecule has 1 unspecified atom stereocenters. The highest BCUT2D eigenvalue weighted by atomic mass is 32.2. The first-order chi connectivity index (χ1) is 15.5. The lowest BCUT2D eigenvalue weighted by atomic mass is 9.88. The van der Waals surface area contributed by atoms with Crippen molar-refractivity contribution < 1.29 is 13.2 Å². The second kappa shape index (κ2) is 10.5. The van der Waals surface area contributed by atoms with Crippen LogP contribution in [0.4, 0.5) is 0 Å². The number of fused-ring (bicyclic) bond motifs is 1. The van der Waals surface area contributed by atoms with Crippen molar-refractivity contribution in [3.63, 3.8) is 0 Å². The standard InChI is InChI=1S/C25H34N2O3S2/c1-2-3-17-32(29,30)27-14-12-20(13-15-27)25(28)26-24(23-9-6-16-31-23)22-11-10-19-7-4-5-8-21(19)18-22/h6,9-11,16,18,20,24H,2-5,7-8,12-15,17H2,1H3,(H,26,28). The number of piperidine rings is 1. The second-order valence-electron chi connectivity index (χ2n) is 9.04. The van der Waals surface area contributed by atoms with Gasteiger partial charge in [0, 0.05) is 23.9 Å². The lowest BCUT2D eigenvalue weighted by Gasteiger charge is -2.31. The lowest BCUT2D eigenvalue weighted by Crippen LogP contribution is -2.44. The van der Waals surface area contributed by atoms with E-state index in [2.05, 4.69) is 29.6 Å². The van der Waals surface area contributed by atoms with Crippen LogP contribution in [-0.2, 0) is 27.7 Å². The molecule has 7 heteroatoms. The van der Waals surface area contributed by atoms with E-state index in [1.54, 1.807) is 15.6 Å². The molecule has 0 radical (unpaired) electrons. The molecule has 0 saturated carbocycles. The summed E-state index contributed by atoms with van der Waals surface area (Å²) in [6.07, 6.45) is 7.45. The molecule has 1 saturated heterocycles. The first-order valence-corrected chi connectivity index (χ1v) is 14.4. The highest BCUT2D eigenvalue weighted by molar-refractivity contribution is 7.89. The number of amides is 1. The summed E-state index contributed by atoms with van der Waals surface area (Å²) in [6, 6.07) is 10.6. The minimum absolute atomic E-state index is 0.0340. The minimum Gasteiger partial charge on any atom is -0.344 e. The molecule has 2 aliphatic rings. The van der Waals surface area contributed by atoms with Crippen LogP contribution in [0.2, 0.25) is 0 Å². The number of benzene rings is 1. The van der Waals surface area contributed by atoms with Gasteiger partial charge in [-0.15, -0.1) is 11.3 Å². The number of sulfonamides is 1. The van der Waals surface area contributed by atoms with Gasteiger partial charge in [0.15, 0.2) is 0 Å². The Labute approximate surface area is 196 Å². The summed E-state index contributed by atoms with van der Waals surface area (Å²) in [5, 5.41) is 5.35. The van der Waals surface area contributed by atoms with Crippen LogP contribution in [0.1, 0.15) is 73.1 Å². The molecule has 1 atom stereocenters. The Morgan fingerprint density at radius 2 is 1.91 bits per heavy atom. The number of carbonyl (C=O) groups is 1. The number of aryl methyl sites for hydroxylation is 2. The smallest absolute Gasteiger partial charge is 0.223 e. The average molecular weight is 475 g/mol. The highest BCUT2D eigenvalue weighted by Gasteiger charge is 2.32. The predicted octanol–water partition coefficient (Wildman–Crippen LogP) is 4.67. The number of hydrogen-bond acceptors (Lipinski definition) is 4. The number of hydrogen-bond donors (Lipinski definition) is 1. The van der Waals surface area contributed by atoms with Gasteiger partial charge in [-0.2, -0.15) is 0 Å². The molecule has 2 aromatic rings. The normalized spacial score (nSPS) is 18.8. The van der Waals surface area contributed by atoms with E-state index >= 15 is 0 Å². The van der Waals surface area contributed by atoms with E-state index in [4.69, 9.17) is 0 Å². The summed E-state index contributed by atoms with van der Waals surface area (Å²) < 4.78 is 26.5. The van der Waals surface area contributed by atoms with Crippen LogP contribution in [0.25, 0.3) is 0 Å². The molecule has 174 valence electrons. The second-order valence-corrected chi connectivity index (χ2v) is 12.1. The van der Waals surface area contributed by atoms with Gasteiger partial charge >= 0.3 is 0 Å². The summed E-state index contributed by atoms with van der Waals surface area (Å²) in [5.41, 5.74) is 3.99. The third kappa shape index (κ3) is 5.43. The van der Waals surface area contributed by atoms with E-state index in [1.807, 2.05) is 18.4 Å². The molecule has 4 rings (SSSR count). The minimum atomic E-state index is -3.20. The predicted molar refractivity (Wildman–Crippen MR) is 130 cm³/mol. The number of unbranched alkanes of at least 4 members (excludes halogenated alkanes) is 1. The van der Waals surface area contributed by atoms with E-state index in [9.17, 15) is 13.2 Å². The summed E-state index contributed by atoms with van der Waals surface area (Å²) >= 11 is 1.66. The first-order valence-electron chi connectivity index (χ1n) is 11.9. The molecule has 5 nitrogen and oxygen atoms in total. The Hall–Kier alpha value is -1.70. The summed E-state index contributed by atoms with van der Waals surface area (Å²) in [5.74, 6) is 0.0959. The Morgan fingerprint density at radius 1 is 1.16 bits per heavy atom. The maximum absolute atomic E-state index is 13.2. The molecule has 2 heterocycles. The fourth-order valence-corrected chi connectivity index (χ4v) is 7.30. The number of carbonyl (C=O) groups excluding carboxylic acids is 1. The monoisotopic (exact) mass is 474 g/mol. The van der Waals surface area contributed by atoms with Crippen molar-refractivity contribution in [1.29, 1.82) is 0 Å². The number of nitrogens with zero attached hydrogens (tertiary/aromatic N) is 1. The molecule has 1 fully saturated rings. The van der Waals surface area contributed by atoms with Crippen LogP contribution >= 0.6 is 11.3 Å². The van der Waals surface area contributed by atoms with Gasteiger partial charge in [0.2, 0.25) is 15.9 Å². The SMILES string of the molecule is CCCCS(=O)(=O)N1CCC(C(=O)NC(c2ccc3c(c2)CCCC3)c2cccs2)CC1. The van der Waals surface area contributed by atoms with E-state index < -0.39 is 10.0 Å². The van der Waals surface area contributed by atoms with Gasteiger partial charge in [0.05, 0.1) is 11.8 Å². The molecule has 1 aliphatic carbocycles. The van der Waals surface area contributed by atoms with Crippen molar-refractivity contribution in [3.05, 3.63) is 57.3 Å². The fourth-order valence-electron chi connectivity index (χ4n) is 4.82. The van der Waals surface area contributed by atoms with E-state index in [0.29, 0.717) is 32.4 Å². The van der Waals surface area contributed by atoms with Crippen molar-refractivity contribution in [2.75, 3.05) is 18.8 Å². The Morgan fingerprint density at radius 3 is 2.59 bits per heavy atom. The number of nitrogens with one attached hydrogen (secondary N) is 1. The molecular formula is C25H34N2O3S2. The molecular weight excluding hydrogens is 440 g/mol. The molecule has 0 spiro atoms. The van der Waals surface area contributed by atoms with Gasteiger partial charge in [-0.1, -0.05) is 37.6 Å². The molecule has 1 aliphatic heterocycles. The molecule has 32 heavy (non-hydrogen) atoms. The largest absolute Gasteiger partial charge is 0.344 e. The van der Waals surface area contributed by atoms with Crippen LogP contribution < -0.4 is 5.32 Å². The Kier molecular flexibility index (Phi) is 7.69. The van der Waals surface area contributed by atoms with Gasteiger partial charge in [0.1, 0.15) is 0 Å². The summed E-state index contributed by atoms with van der Waals surface area (Å²) in [4.78, 5) is 14.4. The van der Waals surface area contributed by atoms with Crippen LogP contribution in [0.3, 0.4) is 0 Å². The van der Waals surface area contributed by atoms with E-state index in [0.717, 1.165) is 29.7 Å². The van der Waals surface area contributed by atoms with Gasteiger partial charge in [-0.25, -0.2) is 12.7 Å². The zero-order valence-corrected chi connectivity index (χ0v) is 20.5. The van der Waals surface area contributed by atoms with Crippen LogP contribution in [0.5, 0.6) is 0 Å². The zero-order chi connectivity index (χ0) is 22.6. The highest BCUT2D eigenvalue weighted by Crippen LogP contribution is 2.31. The topological polar surface area (TPSA) is 66.5 Å². The summed E-state index contributed by atoms with van der Waals surface area (Å²) in [7, 11) is -3.20. The third-order valence-corrected chi connectivity index (χ3v) is 9.69. The average Bonchev–Trinajstić information content (AvgIpc) is 3.35. The maximum Gasteiger partial charge on any atom is 0.223 e. The van der Waals surface area contributed by atoms with Gasteiger partial charge in [-0.05, 0) is 73.1 Å².